The number of ether oxygens (including phenoxy) is 2. The molecule has 2 heterocycles. The van der Waals surface area contributed by atoms with Gasteiger partial charge in [0, 0.05) is 24.0 Å². The Morgan fingerprint density at radius 1 is 1.00 bits per heavy atom. The quantitative estimate of drug-likeness (QED) is 0.699. The van der Waals surface area contributed by atoms with Crippen molar-refractivity contribution in [2.24, 2.45) is 0 Å². The number of para-hydroxylation sites is 1. The second-order valence-corrected chi connectivity index (χ2v) is 6.57. The molecular formula is C22H19N3O4. The number of rotatable bonds is 5. The van der Waals surface area contributed by atoms with Crippen molar-refractivity contribution in [2.45, 2.75) is 13.5 Å². The van der Waals surface area contributed by atoms with Crippen molar-refractivity contribution in [3.63, 3.8) is 0 Å². The average Bonchev–Trinajstić information content (AvgIpc) is 3.21. The number of carbonyl (C=O) groups is 2. The summed E-state index contributed by atoms with van der Waals surface area (Å²) in [6.07, 6.45) is 1.45. The van der Waals surface area contributed by atoms with Crippen LogP contribution in [0.1, 0.15) is 32.0 Å². The van der Waals surface area contributed by atoms with Gasteiger partial charge in [0.05, 0.1) is 0 Å². The number of fused-ring (bicyclic) bond motifs is 1. The Morgan fingerprint density at radius 2 is 1.83 bits per heavy atom. The number of amides is 2. The first-order valence-electron chi connectivity index (χ1n) is 9.10. The molecule has 2 N–H and O–H groups in total. The van der Waals surface area contributed by atoms with Crippen LogP contribution in [0.5, 0.6) is 11.5 Å². The molecule has 2 aromatic carbocycles. The highest BCUT2D eigenvalue weighted by atomic mass is 16.7. The number of nitrogens with zero attached hydrogens (tertiary/aromatic N) is 1. The van der Waals surface area contributed by atoms with Crippen molar-refractivity contribution in [1.29, 1.82) is 0 Å². The number of hydrogen-bond acceptors (Lipinski definition) is 5. The van der Waals surface area contributed by atoms with Crippen LogP contribution in [-0.4, -0.2) is 23.6 Å². The lowest BCUT2D eigenvalue weighted by Crippen LogP contribution is -2.24. The van der Waals surface area contributed by atoms with E-state index in [1.807, 2.05) is 43.3 Å². The maximum Gasteiger partial charge on any atom is 0.270 e. The van der Waals surface area contributed by atoms with E-state index in [0.717, 1.165) is 16.8 Å². The fourth-order valence-corrected chi connectivity index (χ4v) is 2.93. The van der Waals surface area contributed by atoms with Gasteiger partial charge in [-0.3, -0.25) is 14.6 Å². The maximum atomic E-state index is 12.5. The molecule has 1 aliphatic rings. The van der Waals surface area contributed by atoms with E-state index < -0.39 is 0 Å². The second kappa shape index (κ2) is 8.02. The summed E-state index contributed by atoms with van der Waals surface area (Å²) in [5.74, 6) is 0.679. The first-order chi connectivity index (χ1) is 14.1. The molecule has 4 rings (SSSR count). The summed E-state index contributed by atoms with van der Waals surface area (Å²) in [5, 5.41) is 5.65. The molecule has 29 heavy (non-hydrogen) atoms. The zero-order valence-electron chi connectivity index (χ0n) is 15.8. The Bertz CT molecular complexity index is 1080. The molecule has 0 radical (unpaired) electrons. The molecule has 7 heteroatoms. The van der Waals surface area contributed by atoms with Crippen LogP contribution in [-0.2, 0) is 6.54 Å². The molecule has 0 spiro atoms. The Balaban J connectivity index is 1.42. The van der Waals surface area contributed by atoms with Gasteiger partial charge in [-0.05, 0) is 48.4 Å². The molecular weight excluding hydrogens is 370 g/mol. The van der Waals surface area contributed by atoms with Crippen molar-refractivity contribution < 1.29 is 19.1 Å². The predicted molar refractivity (Wildman–Crippen MR) is 107 cm³/mol. The normalized spacial score (nSPS) is 11.8. The molecule has 1 aliphatic heterocycles. The Labute approximate surface area is 167 Å². The molecule has 0 aliphatic carbocycles. The smallest absolute Gasteiger partial charge is 0.270 e. The van der Waals surface area contributed by atoms with Gasteiger partial charge in [0.15, 0.2) is 11.5 Å². The molecule has 0 bridgehead atoms. The number of aryl methyl sites for hydroxylation is 1. The van der Waals surface area contributed by atoms with Gasteiger partial charge >= 0.3 is 0 Å². The number of nitrogens with one attached hydrogen (secondary N) is 2. The molecule has 0 fully saturated rings. The lowest BCUT2D eigenvalue weighted by molar-refractivity contribution is 0.0946. The minimum absolute atomic E-state index is 0.170. The molecule has 0 unspecified atom stereocenters. The third-order valence-electron chi connectivity index (χ3n) is 4.54. The van der Waals surface area contributed by atoms with Crippen LogP contribution in [0.4, 0.5) is 5.69 Å². The van der Waals surface area contributed by atoms with Crippen LogP contribution < -0.4 is 20.1 Å². The van der Waals surface area contributed by atoms with Gasteiger partial charge in [0.1, 0.15) is 5.69 Å². The molecule has 0 saturated heterocycles. The summed E-state index contributed by atoms with van der Waals surface area (Å²) in [4.78, 5) is 29.1. The zero-order valence-corrected chi connectivity index (χ0v) is 15.8. The van der Waals surface area contributed by atoms with Crippen LogP contribution in [0.2, 0.25) is 0 Å². The van der Waals surface area contributed by atoms with Gasteiger partial charge < -0.3 is 20.1 Å². The zero-order chi connectivity index (χ0) is 20.2. The number of hydrogen-bond donors (Lipinski definition) is 2. The van der Waals surface area contributed by atoms with Crippen LogP contribution >= 0.6 is 0 Å². The molecule has 2 amide bonds. The highest BCUT2D eigenvalue weighted by Crippen LogP contribution is 2.32. The van der Waals surface area contributed by atoms with Gasteiger partial charge in [-0.25, -0.2) is 0 Å². The molecule has 0 saturated carbocycles. The van der Waals surface area contributed by atoms with Gasteiger partial charge in [-0.15, -0.1) is 0 Å². The molecule has 1 aromatic heterocycles. The summed E-state index contributed by atoms with van der Waals surface area (Å²) in [5.41, 5.74) is 3.08. The minimum atomic E-state index is -0.367. The van der Waals surface area contributed by atoms with E-state index in [2.05, 4.69) is 15.6 Å². The lowest BCUT2D eigenvalue weighted by atomic mass is 10.1. The number of aromatic nitrogens is 1. The van der Waals surface area contributed by atoms with Crippen molar-refractivity contribution in [3.8, 4) is 11.5 Å². The maximum absolute atomic E-state index is 12.5. The summed E-state index contributed by atoms with van der Waals surface area (Å²) >= 11 is 0. The Morgan fingerprint density at radius 3 is 2.69 bits per heavy atom. The van der Waals surface area contributed by atoms with Crippen molar-refractivity contribution in [2.75, 3.05) is 12.1 Å². The van der Waals surface area contributed by atoms with Gasteiger partial charge in [-0.2, -0.15) is 0 Å². The molecule has 7 nitrogen and oxygen atoms in total. The van der Waals surface area contributed by atoms with E-state index in [1.165, 1.54) is 12.3 Å². The summed E-state index contributed by atoms with van der Waals surface area (Å²) < 4.78 is 10.6. The van der Waals surface area contributed by atoms with E-state index in [4.69, 9.17) is 9.47 Å². The monoisotopic (exact) mass is 389 g/mol. The highest BCUT2D eigenvalue weighted by Gasteiger charge is 2.15. The Hall–Kier alpha value is -3.87. The number of pyridine rings is 1. The molecule has 146 valence electrons. The number of benzene rings is 2. The van der Waals surface area contributed by atoms with Crippen LogP contribution in [0.25, 0.3) is 0 Å². The SMILES string of the molecule is Cc1ccccc1NC(=O)c1ccnc(C(=O)NCc2ccc3c(c2)OCO3)c1. The summed E-state index contributed by atoms with van der Waals surface area (Å²) in [6, 6.07) is 16.0. The van der Waals surface area contributed by atoms with Crippen LogP contribution in [0.15, 0.2) is 60.8 Å². The van der Waals surface area contributed by atoms with Crippen LogP contribution in [0, 0.1) is 6.92 Å². The third kappa shape index (κ3) is 4.19. The largest absolute Gasteiger partial charge is 0.454 e. The van der Waals surface area contributed by atoms with E-state index in [9.17, 15) is 9.59 Å². The molecule has 3 aromatic rings. The van der Waals surface area contributed by atoms with Crippen molar-refractivity contribution >= 4 is 17.5 Å². The summed E-state index contributed by atoms with van der Waals surface area (Å²) in [6.45, 7) is 2.42. The predicted octanol–water partition coefficient (Wildman–Crippen LogP) is 3.30. The van der Waals surface area contributed by atoms with Crippen molar-refractivity contribution in [3.05, 3.63) is 83.2 Å². The minimum Gasteiger partial charge on any atom is -0.454 e. The average molecular weight is 389 g/mol. The lowest BCUT2D eigenvalue weighted by Gasteiger charge is -2.09. The van der Waals surface area contributed by atoms with E-state index in [-0.39, 0.29) is 24.3 Å². The fraction of sp³-hybridized carbons (Fsp3) is 0.136. The van der Waals surface area contributed by atoms with E-state index in [0.29, 0.717) is 23.6 Å². The standard InChI is InChI=1S/C22H19N3O4/c1-14-4-2-3-5-17(14)25-21(26)16-8-9-23-18(11-16)22(27)24-12-15-6-7-19-20(10-15)29-13-28-19/h2-11H,12-13H2,1H3,(H,24,27)(H,25,26). The van der Waals surface area contributed by atoms with Crippen molar-refractivity contribution in [1.82, 2.24) is 10.3 Å². The second-order valence-electron chi connectivity index (χ2n) is 6.57. The van der Waals surface area contributed by atoms with Gasteiger partial charge in [0.2, 0.25) is 6.79 Å². The van der Waals surface area contributed by atoms with E-state index in [1.54, 1.807) is 12.1 Å². The topological polar surface area (TPSA) is 89.6 Å². The highest BCUT2D eigenvalue weighted by molar-refractivity contribution is 6.06. The third-order valence-corrected chi connectivity index (χ3v) is 4.54. The molecule has 0 atom stereocenters. The number of anilines is 1. The Kier molecular flexibility index (Phi) is 5.11. The van der Waals surface area contributed by atoms with E-state index >= 15 is 0 Å². The fourth-order valence-electron chi connectivity index (χ4n) is 2.93. The van der Waals surface area contributed by atoms with Gasteiger partial charge in [-0.1, -0.05) is 24.3 Å². The van der Waals surface area contributed by atoms with Crippen LogP contribution in [0.3, 0.4) is 0 Å². The first kappa shape index (κ1) is 18.5. The number of carbonyl (C=O) groups excluding carboxylic acids is 2. The first-order valence-corrected chi connectivity index (χ1v) is 9.10. The van der Waals surface area contributed by atoms with Gasteiger partial charge in [0.25, 0.3) is 11.8 Å². The summed E-state index contributed by atoms with van der Waals surface area (Å²) in [7, 11) is 0.